The van der Waals surface area contributed by atoms with Crippen LogP contribution in [0.15, 0.2) is 36.5 Å². The number of carbonyl (C=O) groups is 1. The Labute approximate surface area is 126 Å². The third-order valence-electron chi connectivity index (χ3n) is 3.23. The van der Waals surface area contributed by atoms with E-state index in [1.807, 2.05) is 30.3 Å². The molecule has 0 fully saturated rings. The summed E-state index contributed by atoms with van der Waals surface area (Å²) in [6, 6.07) is 8.93. The molecule has 112 valence electrons. The summed E-state index contributed by atoms with van der Waals surface area (Å²) in [6.07, 6.45) is 1.61. The van der Waals surface area contributed by atoms with Gasteiger partial charge in [0.15, 0.2) is 5.65 Å². The molecule has 0 bridgehead atoms. The third kappa shape index (κ3) is 2.41. The van der Waals surface area contributed by atoms with E-state index >= 15 is 0 Å². The van der Waals surface area contributed by atoms with Crippen LogP contribution in [-0.2, 0) is 4.79 Å². The van der Waals surface area contributed by atoms with Crippen molar-refractivity contribution in [3.8, 4) is 5.69 Å². The number of nitrogen functional groups attached to an aromatic ring is 1. The van der Waals surface area contributed by atoms with E-state index in [0.717, 1.165) is 5.69 Å². The van der Waals surface area contributed by atoms with Crippen LogP contribution in [0.1, 0.15) is 6.92 Å². The van der Waals surface area contributed by atoms with Crippen molar-refractivity contribution >= 4 is 28.7 Å². The topological polar surface area (TPSA) is 125 Å². The summed E-state index contributed by atoms with van der Waals surface area (Å²) in [6.45, 7) is 1.63. The number of hydrogen-bond donors (Lipinski definition) is 3. The zero-order valence-electron chi connectivity index (χ0n) is 11.9. The average Bonchev–Trinajstić information content (AvgIpc) is 2.92. The van der Waals surface area contributed by atoms with Crippen molar-refractivity contribution in [2.45, 2.75) is 13.0 Å². The zero-order chi connectivity index (χ0) is 15.7. The maximum absolute atomic E-state index is 11.1. The van der Waals surface area contributed by atoms with E-state index in [4.69, 9.17) is 11.5 Å². The highest BCUT2D eigenvalue weighted by atomic mass is 16.1. The van der Waals surface area contributed by atoms with Crippen molar-refractivity contribution in [2.24, 2.45) is 5.73 Å². The van der Waals surface area contributed by atoms with Gasteiger partial charge >= 0.3 is 0 Å². The first-order chi connectivity index (χ1) is 10.6. The number of primary amides is 1. The summed E-state index contributed by atoms with van der Waals surface area (Å²) in [4.78, 5) is 19.7. The maximum Gasteiger partial charge on any atom is 0.239 e. The normalized spacial score (nSPS) is 12.2. The van der Waals surface area contributed by atoms with Crippen molar-refractivity contribution in [1.82, 2.24) is 19.7 Å². The van der Waals surface area contributed by atoms with Gasteiger partial charge in [0.2, 0.25) is 11.9 Å². The minimum atomic E-state index is -0.607. The molecule has 0 spiro atoms. The molecule has 0 unspecified atom stereocenters. The van der Waals surface area contributed by atoms with E-state index in [-0.39, 0.29) is 11.8 Å². The predicted octanol–water partition coefficient (Wildman–Crippen LogP) is 0.683. The minimum absolute atomic E-state index is 0.231. The lowest BCUT2D eigenvalue weighted by Crippen LogP contribution is -2.33. The van der Waals surface area contributed by atoms with E-state index in [1.54, 1.807) is 17.8 Å². The van der Waals surface area contributed by atoms with Crippen molar-refractivity contribution < 1.29 is 4.79 Å². The van der Waals surface area contributed by atoms with Crippen LogP contribution < -0.4 is 16.8 Å². The highest BCUT2D eigenvalue weighted by molar-refractivity contribution is 5.88. The lowest BCUT2D eigenvalue weighted by molar-refractivity contribution is -0.118. The molecule has 5 N–H and O–H groups in total. The van der Waals surface area contributed by atoms with Crippen LogP contribution in [0, 0.1) is 0 Å². The standard InChI is InChI=1S/C14H15N7O/c1-8(12(16)22)18-14-19-11(15)10-7-17-21(13(10)20-14)9-5-3-2-4-6-9/h2-8H,1H3,(H2,16,22)(H3,15,18,19,20)/t8-/m1/s1. The number of rotatable bonds is 4. The number of benzene rings is 1. The summed E-state index contributed by atoms with van der Waals surface area (Å²) >= 11 is 0. The molecule has 3 aromatic rings. The Hall–Kier alpha value is -3.16. The van der Waals surface area contributed by atoms with E-state index < -0.39 is 11.9 Å². The lowest BCUT2D eigenvalue weighted by Gasteiger charge is -2.11. The van der Waals surface area contributed by atoms with Crippen molar-refractivity contribution in [1.29, 1.82) is 0 Å². The van der Waals surface area contributed by atoms with Gasteiger partial charge in [-0.15, -0.1) is 0 Å². The number of amides is 1. The summed E-state index contributed by atoms with van der Waals surface area (Å²) in [5, 5.41) is 7.76. The molecule has 0 saturated carbocycles. The van der Waals surface area contributed by atoms with Gasteiger partial charge in [-0.05, 0) is 19.1 Å². The van der Waals surface area contributed by atoms with Gasteiger partial charge in [-0.2, -0.15) is 15.1 Å². The Bertz CT molecular complexity index is 828. The fourth-order valence-corrected chi connectivity index (χ4v) is 2.02. The Kier molecular flexibility index (Phi) is 3.34. The molecule has 1 atom stereocenters. The number of nitrogens with two attached hydrogens (primary N) is 2. The number of aromatic nitrogens is 4. The first-order valence-corrected chi connectivity index (χ1v) is 6.69. The predicted molar refractivity (Wildman–Crippen MR) is 83.4 cm³/mol. The van der Waals surface area contributed by atoms with E-state index in [2.05, 4.69) is 20.4 Å². The summed E-state index contributed by atoms with van der Waals surface area (Å²) in [5.41, 5.74) is 12.6. The highest BCUT2D eigenvalue weighted by Crippen LogP contribution is 2.22. The zero-order valence-corrected chi connectivity index (χ0v) is 11.9. The van der Waals surface area contributed by atoms with E-state index in [9.17, 15) is 4.79 Å². The monoisotopic (exact) mass is 297 g/mol. The molecule has 8 nitrogen and oxygen atoms in total. The molecular weight excluding hydrogens is 282 g/mol. The Morgan fingerprint density at radius 3 is 2.68 bits per heavy atom. The molecule has 0 aliphatic rings. The van der Waals surface area contributed by atoms with Crippen LogP contribution >= 0.6 is 0 Å². The van der Waals surface area contributed by atoms with Crippen LogP contribution in [0.5, 0.6) is 0 Å². The van der Waals surface area contributed by atoms with E-state index in [0.29, 0.717) is 11.0 Å². The largest absolute Gasteiger partial charge is 0.383 e. The van der Waals surface area contributed by atoms with Gasteiger partial charge in [-0.25, -0.2) is 4.68 Å². The molecule has 3 rings (SSSR count). The molecule has 22 heavy (non-hydrogen) atoms. The second kappa shape index (κ2) is 5.32. The van der Waals surface area contributed by atoms with Crippen molar-refractivity contribution in [3.05, 3.63) is 36.5 Å². The molecule has 1 aromatic carbocycles. The number of fused-ring (bicyclic) bond motifs is 1. The lowest BCUT2D eigenvalue weighted by atomic mass is 10.3. The molecule has 1 amide bonds. The Morgan fingerprint density at radius 2 is 2.00 bits per heavy atom. The van der Waals surface area contributed by atoms with Gasteiger partial charge in [-0.1, -0.05) is 18.2 Å². The number of anilines is 2. The van der Waals surface area contributed by atoms with Gasteiger partial charge in [0.25, 0.3) is 0 Å². The minimum Gasteiger partial charge on any atom is -0.383 e. The molecule has 2 heterocycles. The SMILES string of the molecule is C[C@@H](Nc1nc(N)c2cnn(-c3ccccc3)c2n1)C(N)=O. The first-order valence-electron chi connectivity index (χ1n) is 6.69. The summed E-state index contributed by atoms with van der Waals surface area (Å²) < 4.78 is 1.66. The van der Waals surface area contributed by atoms with Gasteiger partial charge in [0.1, 0.15) is 11.9 Å². The van der Waals surface area contributed by atoms with Crippen LogP contribution in [0.25, 0.3) is 16.7 Å². The average molecular weight is 297 g/mol. The van der Waals surface area contributed by atoms with Crippen LogP contribution in [0.3, 0.4) is 0 Å². The van der Waals surface area contributed by atoms with Gasteiger partial charge in [0, 0.05) is 0 Å². The molecule has 0 aliphatic heterocycles. The van der Waals surface area contributed by atoms with Gasteiger partial charge in [-0.3, -0.25) is 4.79 Å². The second-order valence-electron chi connectivity index (χ2n) is 4.83. The highest BCUT2D eigenvalue weighted by Gasteiger charge is 2.15. The van der Waals surface area contributed by atoms with Crippen molar-refractivity contribution in [3.63, 3.8) is 0 Å². The quantitative estimate of drug-likeness (QED) is 0.650. The second-order valence-corrected chi connectivity index (χ2v) is 4.83. The van der Waals surface area contributed by atoms with Gasteiger partial charge in [0.05, 0.1) is 17.3 Å². The molecule has 0 aliphatic carbocycles. The van der Waals surface area contributed by atoms with Crippen LogP contribution in [-0.4, -0.2) is 31.7 Å². The van der Waals surface area contributed by atoms with Crippen LogP contribution in [0.2, 0.25) is 0 Å². The Morgan fingerprint density at radius 1 is 1.27 bits per heavy atom. The van der Waals surface area contributed by atoms with Crippen molar-refractivity contribution in [2.75, 3.05) is 11.1 Å². The molecular formula is C14H15N7O. The molecule has 0 radical (unpaired) electrons. The summed E-state index contributed by atoms with van der Waals surface area (Å²) in [7, 11) is 0. The van der Waals surface area contributed by atoms with E-state index in [1.165, 1.54) is 0 Å². The van der Waals surface area contributed by atoms with Gasteiger partial charge < -0.3 is 16.8 Å². The number of para-hydroxylation sites is 1. The first kappa shape index (κ1) is 13.8. The number of carbonyl (C=O) groups excluding carboxylic acids is 1. The smallest absolute Gasteiger partial charge is 0.239 e. The maximum atomic E-state index is 11.1. The Balaban J connectivity index is 2.09. The number of hydrogen-bond acceptors (Lipinski definition) is 6. The number of nitrogens with zero attached hydrogens (tertiary/aromatic N) is 4. The molecule has 2 aromatic heterocycles. The van der Waals surface area contributed by atoms with Crippen LogP contribution in [0.4, 0.5) is 11.8 Å². The fourth-order valence-electron chi connectivity index (χ4n) is 2.02. The summed E-state index contributed by atoms with van der Waals surface area (Å²) in [5.74, 6) is 0.0131. The fraction of sp³-hybridized carbons (Fsp3) is 0.143. The third-order valence-corrected chi connectivity index (χ3v) is 3.23. The molecule has 0 saturated heterocycles. The molecule has 8 heteroatoms. The number of nitrogens with one attached hydrogen (secondary N) is 1.